The molecular weight excluding hydrogens is 522 g/mol. The van der Waals surface area contributed by atoms with Gasteiger partial charge in [-0.15, -0.1) is 0 Å². The smallest absolute Gasteiger partial charge is 0.267 e. The standard InChI is InChI=1S/C28H29N3O7S/c1-20-28(33)31(15-18-37-23-5-3-2-4-6-23)25-19-22(9-12-26(25)38-20)29-27(32)21-7-10-24(11-8-21)39(34,35)30-13-16-36-17-14-30/h2-12,19-20H,13-18H2,1H3,(H,29,32). The molecule has 1 atom stereocenters. The van der Waals surface area contributed by atoms with Gasteiger partial charge in [0, 0.05) is 24.3 Å². The van der Waals surface area contributed by atoms with Gasteiger partial charge in [-0.25, -0.2) is 8.42 Å². The molecule has 2 aliphatic rings. The van der Waals surface area contributed by atoms with Crippen molar-refractivity contribution in [1.82, 2.24) is 4.31 Å². The fraction of sp³-hybridized carbons (Fsp3) is 0.286. The summed E-state index contributed by atoms with van der Waals surface area (Å²) >= 11 is 0. The average molecular weight is 552 g/mol. The van der Waals surface area contributed by atoms with E-state index in [1.54, 1.807) is 30.0 Å². The molecular formula is C28H29N3O7S. The molecule has 0 aromatic heterocycles. The van der Waals surface area contributed by atoms with Gasteiger partial charge < -0.3 is 24.4 Å². The minimum atomic E-state index is -3.66. The Hall–Kier alpha value is -3.93. The maximum Gasteiger partial charge on any atom is 0.267 e. The van der Waals surface area contributed by atoms with E-state index in [2.05, 4.69) is 5.32 Å². The minimum Gasteiger partial charge on any atom is -0.492 e. The second-order valence-corrected chi connectivity index (χ2v) is 11.0. The summed E-state index contributed by atoms with van der Waals surface area (Å²) in [7, 11) is -3.66. The highest BCUT2D eigenvalue weighted by molar-refractivity contribution is 7.89. The summed E-state index contributed by atoms with van der Waals surface area (Å²) in [4.78, 5) is 27.6. The molecule has 1 saturated heterocycles. The van der Waals surface area contributed by atoms with Crippen LogP contribution in [0, 0.1) is 0 Å². The number of para-hydroxylation sites is 1. The summed E-state index contributed by atoms with van der Waals surface area (Å²) in [6, 6.07) is 20.2. The van der Waals surface area contributed by atoms with Gasteiger partial charge in [0.1, 0.15) is 18.1 Å². The normalized spacial score (nSPS) is 17.7. The van der Waals surface area contributed by atoms with Crippen LogP contribution < -0.4 is 19.7 Å². The Bertz CT molecular complexity index is 1440. The SMILES string of the molecule is CC1Oc2ccc(NC(=O)c3ccc(S(=O)(=O)N4CCOCC4)cc3)cc2N(CCOc2ccccc2)C1=O. The van der Waals surface area contributed by atoms with Crippen molar-refractivity contribution in [2.24, 2.45) is 0 Å². The predicted molar refractivity (Wildman–Crippen MR) is 145 cm³/mol. The van der Waals surface area contributed by atoms with Crippen molar-refractivity contribution in [2.75, 3.05) is 49.7 Å². The summed E-state index contributed by atoms with van der Waals surface area (Å²) < 4.78 is 43.8. The fourth-order valence-electron chi connectivity index (χ4n) is 4.40. The number of fused-ring (bicyclic) bond motifs is 1. The molecule has 0 saturated carbocycles. The van der Waals surface area contributed by atoms with Crippen LogP contribution in [0.15, 0.2) is 77.7 Å². The van der Waals surface area contributed by atoms with Gasteiger partial charge in [-0.05, 0) is 61.5 Å². The van der Waals surface area contributed by atoms with E-state index >= 15 is 0 Å². The summed E-state index contributed by atoms with van der Waals surface area (Å²) in [6.07, 6.45) is -0.651. The number of morpholine rings is 1. The molecule has 0 aliphatic carbocycles. The molecule has 1 N–H and O–H groups in total. The molecule has 0 radical (unpaired) electrons. The first kappa shape index (κ1) is 26.7. The molecule has 3 aromatic carbocycles. The molecule has 39 heavy (non-hydrogen) atoms. The molecule has 1 unspecified atom stereocenters. The van der Waals surface area contributed by atoms with E-state index in [1.165, 1.54) is 28.6 Å². The van der Waals surface area contributed by atoms with Crippen LogP contribution in [0.2, 0.25) is 0 Å². The molecule has 10 nitrogen and oxygen atoms in total. The second-order valence-electron chi connectivity index (χ2n) is 9.09. The van der Waals surface area contributed by atoms with E-state index in [0.717, 1.165) is 0 Å². The Morgan fingerprint density at radius 1 is 1.03 bits per heavy atom. The predicted octanol–water partition coefficient (Wildman–Crippen LogP) is 3.15. The summed E-state index contributed by atoms with van der Waals surface area (Å²) in [5.41, 5.74) is 1.28. The third-order valence-corrected chi connectivity index (χ3v) is 8.39. The lowest BCUT2D eigenvalue weighted by Crippen LogP contribution is -2.46. The second kappa shape index (κ2) is 11.4. The van der Waals surface area contributed by atoms with Crippen LogP contribution in [0.3, 0.4) is 0 Å². The maximum atomic E-state index is 13.0. The summed E-state index contributed by atoms with van der Waals surface area (Å²) in [5, 5.41) is 2.82. The quantitative estimate of drug-likeness (QED) is 0.457. The zero-order chi connectivity index (χ0) is 27.4. The van der Waals surface area contributed by atoms with E-state index in [4.69, 9.17) is 14.2 Å². The number of rotatable bonds is 8. The van der Waals surface area contributed by atoms with Crippen molar-refractivity contribution in [3.63, 3.8) is 0 Å². The molecule has 2 heterocycles. The number of hydrogen-bond donors (Lipinski definition) is 1. The van der Waals surface area contributed by atoms with E-state index in [9.17, 15) is 18.0 Å². The van der Waals surface area contributed by atoms with E-state index in [0.29, 0.717) is 61.3 Å². The summed E-state index contributed by atoms with van der Waals surface area (Å²) in [5.74, 6) is 0.606. The first-order chi connectivity index (χ1) is 18.8. The Kier molecular flexibility index (Phi) is 7.82. The van der Waals surface area contributed by atoms with Crippen molar-refractivity contribution in [3.8, 4) is 11.5 Å². The highest BCUT2D eigenvalue weighted by Crippen LogP contribution is 2.36. The third kappa shape index (κ3) is 5.90. The number of amides is 2. The third-order valence-electron chi connectivity index (χ3n) is 6.48. The number of carbonyl (C=O) groups excluding carboxylic acids is 2. The first-order valence-electron chi connectivity index (χ1n) is 12.6. The van der Waals surface area contributed by atoms with Crippen LogP contribution in [-0.2, 0) is 19.6 Å². The van der Waals surface area contributed by atoms with Gasteiger partial charge in [-0.2, -0.15) is 4.31 Å². The van der Waals surface area contributed by atoms with Crippen LogP contribution in [0.4, 0.5) is 11.4 Å². The van der Waals surface area contributed by atoms with E-state index in [1.807, 2.05) is 30.3 Å². The zero-order valence-electron chi connectivity index (χ0n) is 21.4. The minimum absolute atomic E-state index is 0.118. The highest BCUT2D eigenvalue weighted by atomic mass is 32.2. The van der Waals surface area contributed by atoms with Crippen molar-refractivity contribution >= 4 is 33.2 Å². The Morgan fingerprint density at radius 2 is 1.74 bits per heavy atom. The lowest BCUT2D eigenvalue weighted by Gasteiger charge is -2.33. The molecule has 1 fully saturated rings. The topological polar surface area (TPSA) is 114 Å². The molecule has 11 heteroatoms. The number of benzene rings is 3. The van der Waals surface area contributed by atoms with Crippen LogP contribution in [0.25, 0.3) is 0 Å². The van der Waals surface area contributed by atoms with Gasteiger partial charge in [0.2, 0.25) is 10.0 Å². The maximum absolute atomic E-state index is 13.0. The van der Waals surface area contributed by atoms with Crippen molar-refractivity contribution in [2.45, 2.75) is 17.9 Å². The number of anilines is 2. The largest absolute Gasteiger partial charge is 0.492 e. The Morgan fingerprint density at radius 3 is 2.46 bits per heavy atom. The average Bonchev–Trinajstić information content (AvgIpc) is 2.96. The number of nitrogens with one attached hydrogen (secondary N) is 1. The highest BCUT2D eigenvalue weighted by Gasteiger charge is 2.32. The molecule has 5 rings (SSSR count). The van der Waals surface area contributed by atoms with Crippen LogP contribution in [0.5, 0.6) is 11.5 Å². The van der Waals surface area contributed by atoms with Crippen LogP contribution in [-0.4, -0.2) is 70.1 Å². The number of sulfonamides is 1. The number of hydrogen-bond acceptors (Lipinski definition) is 7. The van der Waals surface area contributed by atoms with E-state index < -0.39 is 22.0 Å². The number of nitrogens with zero attached hydrogens (tertiary/aromatic N) is 2. The van der Waals surface area contributed by atoms with Crippen molar-refractivity contribution < 1.29 is 32.2 Å². The number of carbonyl (C=O) groups is 2. The van der Waals surface area contributed by atoms with Crippen molar-refractivity contribution in [3.05, 3.63) is 78.4 Å². The van der Waals surface area contributed by atoms with Crippen LogP contribution >= 0.6 is 0 Å². The van der Waals surface area contributed by atoms with Gasteiger partial charge in [0.05, 0.1) is 30.3 Å². The van der Waals surface area contributed by atoms with Crippen LogP contribution in [0.1, 0.15) is 17.3 Å². The summed E-state index contributed by atoms with van der Waals surface area (Å²) in [6.45, 7) is 3.56. The molecule has 3 aromatic rings. The van der Waals surface area contributed by atoms with Gasteiger partial charge in [-0.3, -0.25) is 9.59 Å². The molecule has 0 bridgehead atoms. The first-order valence-corrected chi connectivity index (χ1v) is 14.1. The van der Waals surface area contributed by atoms with Gasteiger partial charge >= 0.3 is 0 Å². The lowest BCUT2D eigenvalue weighted by molar-refractivity contribution is -0.125. The number of ether oxygens (including phenoxy) is 3. The molecule has 2 aliphatic heterocycles. The molecule has 204 valence electrons. The lowest BCUT2D eigenvalue weighted by atomic mass is 10.1. The monoisotopic (exact) mass is 551 g/mol. The van der Waals surface area contributed by atoms with Gasteiger partial charge in [0.15, 0.2) is 6.10 Å². The zero-order valence-corrected chi connectivity index (χ0v) is 22.2. The Balaban J connectivity index is 1.28. The Labute approximate surface area is 227 Å². The van der Waals surface area contributed by atoms with Gasteiger partial charge in [0.25, 0.3) is 11.8 Å². The fourth-order valence-corrected chi connectivity index (χ4v) is 5.81. The van der Waals surface area contributed by atoms with Gasteiger partial charge in [-0.1, -0.05) is 18.2 Å². The van der Waals surface area contributed by atoms with Crippen molar-refractivity contribution in [1.29, 1.82) is 0 Å². The molecule has 0 spiro atoms. The van der Waals surface area contributed by atoms with E-state index in [-0.39, 0.29) is 17.4 Å². The molecule has 2 amide bonds.